The SMILES string of the molecule is CN=C(NCc1ccc(S(C)(=O)=O)c(C)c1)NCC(C(C)C)N1CCCCCC1. The third kappa shape index (κ3) is 7.30. The van der Waals surface area contributed by atoms with Crippen molar-refractivity contribution < 1.29 is 8.42 Å². The van der Waals surface area contributed by atoms with Gasteiger partial charge in [0.25, 0.3) is 0 Å². The molecule has 2 rings (SSSR count). The lowest BCUT2D eigenvalue weighted by Gasteiger charge is -2.34. The van der Waals surface area contributed by atoms with Crippen LogP contribution in [0.2, 0.25) is 0 Å². The van der Waals surface area contributed by atoms with Gasteiger partial charge in [0.1, 0.15) is 0 Å². The van der Waals surface area contributed by atoms with E-state index in [-0.39, 0.29) is 0 Å². The van der Waals surface area contributed by atoms with Gasteiger partial charge in [-0.15, -0.1) is 0 Å². The van der Waals surface area contributed by atoms with E-state index in [1.54, 1.807) is 13.1 Å². The molecule has 0 saturated carbocycles. The predicted molar refractivity (Wildman–Crippen MR) is 121 cm³/mol. The molecule has 29 heavy (non-hydrogen) atoms. The summed E-state index contributed by atoms with van der Waals surface area (Å²) in [5.74, 6) is 1.35. The first-order valence-corrected chi connectivity index (χ1v) is 12.6. The quantitative estimate of drug-likeness (QED) is 0.522. The number of aryl methyl sites for hydroxylation is 1. The van der Waals surface area contributed by atoms with Gasteiger partial charge < -0.3 is 10.6 Å². The van der Waals surface area contributed by atoms with Crippen LogP contribution >= 0.6 is 0 Å². The summed E-state index contributed by atoms with van der Waals surface area (Å²) in [5.41, 5.74) is 1.81. The maximum atomic E-state index is 11.8. The van der Waals surface area contributed by atoms with Crippen LogP contribution in [0.25, 0.3) is 0 Å². The number of hydrogen-bond acceptors (Lipinski definition) is 4. The van der Waals surface area contributed by atoms with Crippen molar-refractivity contribution in [2.24, 2.45) is 10.9 Å². The maximum absolute atomic E-state index is 11.8. The fourth-order valence-electron chi connectivity index (χ4n) is 4.06. The molecule has 164 valence electrons. The van der Waals surface area contributed by atoms with Gasteiger partial charge in [-0.05, 0) is 56.0 Å². The van der Waals surface area contributed by atoms with Gasteiger partial charge in [0, 0.05) is 32.4 Å². The van der Waals surface area contributed by atoms with Crippen LogP contribution in [-0.4, -0.2) is 58.3 Å². The molecule has 0 amide bonds. The molecule has 0 aromatic heterocycles. The molecule has 6 nitrogen and oxygen atoms in total. The molecule has 1 aromatic rings. The molecule has 0 bridgehead atoms. The molecule has 1 heterocycles. The standard InChI is InChI=1S/C22H38N4O2S/c1-17(2)20(26-12-8-6-7-9-13-26)16-25-22(23-4)24-15-19-10-11-21(18(3)14-19)29(5,27)28/h10-11,14,17,20H,6-9,12-13,15-16H2,1-5H3,(H2,23,24,25). The average Bonchev–Trinajstić information content (AvgIpc) is 2.92. The molecular formula is C22H38N4O2S. The first-order chi connectivity index (χ1) is 13.7. The number of rotatable bonds is 7. The number of nitrogens with one attached hydrogen (secondary N) is 2. The Hall–Kier alpha value is -1.60. The van der Waals surface area contributed by atoms with Gasteiger partial charge in [-0.1, -0.05) is 38.8 Å². The number of hydrogen-bond donors (Lipinski definition) is 2. The van der Waals surface area contributed by atoms with E-state index in [0.29, 0.717) is 23.4 Å². The van der Waals surface area contributed by atoms with E-state index in [4.69, 9.17) is 0 Å². The molecule has 1 saturated heterocycles. The Morgan fingerprint density at radius 1 is 1.14 bits per heavy atom. The van der Waals surface area contributed by atoms with E-state index in [2.05, 4.69) is 34.4 Å². The second-order valence-corrected chi connectivity index (χ2v) is 10.4. The van der Waals surface area contributed by atoms with Crippen LogP contribution in [0.1, 0.15) is 50.7 Å². The second kappa shape index (κ2) is 11.0. The second-order valence-electron chi connectivity index (χ2n) is 8.44. The first-order valence-electron chi connectivity index (χ1n) is 10.7. The van der Waals surface area contributed by atoms with Crippen LogP contribution in [0.4, 0.5) is 0 Å². The lowest BCUT2D eigenvalue weighted by atomic mass is 10.0. The van der Waals surface area contributed by atoms with Crippen molar-refractivity contribution in [2.45, 2.75) is 63.9 Å². The van der Waals surface area contributed by atoms with Crippen LogP contribution in [0.3, 0.4) is 0 Å². The van der Waals surface area contributed by atoms with Crippen molar-refractivity contribution in [1.82, 2.24) is 15.5 Å². The lowest BCUT2D eigenvalue weighted by molar-refractivity contribution is 0.161. The molecule has 1 atom stereocenters. The van der Waals surface area contributed by atoms with E-state index in [9.17, 15) is 8.42 Å². The van der Waals surface area contributed by atoms with E-state index in [1.165, 1.54) is 45.0 Å². The highest BCUT2D eigenvalue weighted by atomic mass is 32.2. The third-order valence-corrected chi connectivity index (χ3v) is 6.94. The number of likely N-dealkylation sites (tertiary alicyclic amines) is 1. The summed E-state index contributed by atoms with van der Waals surface area (Å²) in [6.45, 7) is 10.2. The molecule has 1 fully saturated rings. The molecule has 1 aliphatic rings. The van der Waals surface area contributed by atoms with Crippen molar-refractivity contribution >= 4 is 15.8 Å². The van der Waals surface area contributed by atoms with Crippen molar-refractivity contribution in [3.63, 3.8) is 0 Å². The van der Waals surface area contributed by atoms with Gasteiger partial charge in [-0.3, -0.25) is 9.89 Å². The molecule has 1 unspecified atom stereocenters. The van der Waals surface area contributed by atoms with Gasteiger partial charge >= 0.3 is 0 Å². The number of guanidine groups is 1. The normalized spacial score (nSPS) is 17.8. The summed E-state index contributed by atoms with van der Waals surface area (Å²) in [4.78, 5) is 7.38. The summed E-state index contributed by atoms with van der Waals surface area (Å²) in [6.07, 6.45) is 6.51. The van der Waals surface area contributed by atoms with Crippen LogP contribution in [0.5, 0.6) is 0 Å². The van der Waals surface area contributed by atoms with Crippen molar-refractivity contribution in [3.8, 4) is 0 Å². The monoisotopic (exact) mass is 422 g/mol. The van der Waals surface area contributed by atoms with E-state index in [0.717, 1.165) is 23.6 Å². The van der Waals surface area contributed by atoms with Crippen LogP contribution in [0, 0.1) is 12.8 Å². The molecule has 2 N–H and O–H groups in total. The summed E-state index contributed by atoms with van der Waals surface area (Å²) in [6, 6.07) is 5.96. The Bertz CT molecular complexity index is 782. The van der Waals surface area contributed by atoms with Gasteiger partial charge in [-0.2, -0.15) is 0 Å². The zero-order valence-corrected chi connectivity index (χ0v) is 19.5. The Labute approximate surface area is 177 Å². The zero-order valence-electron chi connectivity index (χ0n) is 18.7. The molecular weight excluding hydrogens is 384 g/mol. The largest absolute Gasteiger partial charge is 0.355 e. The van der Waals surface area contributed by atoms with E-state index in [1.807, 2.05) is 19.1 Å². The van der Waals surface area contributed by atoms with Crippen molar-refractivity contribution in [2.75, 3.05) is 32.9 Å². The smallest absolute Gasteiger partial charge is 0.191 e. The lowest BCUT2D eigenvalue weighted by Crippen LogP contribution is -2.49. The molecule has 1 aliphatic heterocycles. The summed E-state index contributed by atoms with van der Waals surface area (Å²) in [5, 5.41) is 6.84. The topological polar surface area (TPSA) is 73.8 Å². The Balaban J connectivity index is 1.93. The Morgan fingerprint density at radius 3 is 2.31 bits per heavy atom. The number of benzene rings is 1. The third-order valence-electron chi connectivity index (χ3n) is 5.68. The summed E-state index contributed by atoms with van der Waals surface area (Å²) in [7, 11) is -1.41. The minimum Gasteiger partial charge on any atom is -0.355 e. The van der Waals surface area contributed by atoms with Crippen LogP contribution in [0.15, 0.2) is 28.1 Å². The fraction of sp³-hybridized carbons (Fsp3) is 0.682. The van der Waals surface area contributed by atoms with Gasteiger partial charge in [0.15, 0.2) is 15.8 Å². The van der Waals surface area contributed by atoms with Gasteiger partial charge in [0.05, 0.1) is 4.90 Å². The minimum absolute atomic E-state index is 0.390. The summed E-state index contributed by atoms with van der Waals surface area (Å²) >= 11 is 0. The number of nitrogens with zero attached hydrogens (tertiary/aromatic N) is 2. The minimum atomic E-state index is -3.19. The molecule has 1 aromatic carbocycles. The van der Waals surface area contributed by atoms with Crippen LogP contribution < -0.4 is 10.6 Å². The molecule has 0 radical (unpaired) electrons. The molecule has 0 spiro atoms. The first kappa shape index (κ1) is 23.7. The summed E-state index contributed by atoms with van der Waals surface area (Å²) < 4.78 is 23.6. The predicted octanol–water partition coefficient (Wildman–Crippen LogP) is 2.96. The highest BCUT2D eigenvalue weighted by Crippen LogP contribution is 2.18. The number of sulfone groups is 1. The van der Waals surface area contributed by atoms with E-state index < -0.39 is 9.84 Å². The Kier molecular flexibility index (Phi) is 8.96. The van der Waals surface area contributed by atoms with Crippen molar-refractivity contribution in [1.29, 1.82) is 0 Å². The average molecular weight is 423 g/mol. The molecule has 0 aliphatic carbocycles. The fourth-order valence-corrected chi connectivity index (χ4v) is 5.02. The highest BCUT2D eigenvalue weighted by Gasteiger charge is 2.22. The van der Waals surface area contributed by atoms with Gasteiger partial charge in [-0.25, -0.2) is 8.42 Å². The van der Waals surface area contributed by atoms with Crippen LogP contribution in [-0.2, 0) is 16.4 Å². The zero-order chi connectivity index (χ0) is 21.4. The van der Waals surface area contributed by atoms with Crippen molar-refractivity contribution in [3.05, 3.63) is 29.3 Å². The van der Waals surface area contributed by atoms with Gasteiger partial charge in [0.2, 0.25) is 0 Å². The maximum Gasteiger partial charge on any atom is 0.191 e. The Morgan fingerprint density at radius 2 is 1.79 bits per heavy atom. The number of aliphatic imine (C=N–C) groups is 1. The highest BCUT2D eigenvalue weighted by molar-refractivity contribution is 7.90. The van der Waals surface area contributed by atoms with E-state index >= 15 is 0 Å². The molecule has 7 heteroatoms.